The Kier molecular flexibility index (Phi) is 3.77. The van der Waals surface area contributed by atoms with Crippen molar-refractivity contribution in [1.82, 2.24) is 0 Å². The Labute approximate surface area is 87.5 Å². The number of hydrogen-bond acceptors (Lipinski definition) is 2. The maximum Gasteiger partial charge on any atom is 0.303 e. The van der Waals surface area contributed by atoms with Gasteiger partial charge in [0.15, 0.2) is 0 Å². The van der Waals surface area contributed by atoms with E-state index in [1.165, 1.54) is 0 Å². The lowest BCUT2D eigenvalue weighted by molar-refractivity contribution is -0.137. The van der Waals surface area contributed by atoms with Gasteiger partial charge in [0.25, 0.3) is 0 Å². The Balaban J connectivity index is 2.51. The van der Waals surface area contributed by atoms with Crippen LogP contribution in [0.1, 0.15) is 18.4 Å². The highest BCUT2D eigenvalue weighted by molar-refractivity contribution is 6.33. The van der Waals surface area contributed by atoms with Crippen molar-refractivity contribution in [1.29, 1.82) is 0 Å². The molecule has 0 saturated carbocycles. The monoisotopic (exact) mass is 213 g/mol. The van der Waals surface area contributed by atoms with E-state index in [0.29, 0.717) is 23.6 Å². The molecular formula is C10H12ClNO2. The first-order valence-electron chi connectivity index (χ1n) is 4.35. The molecule has 76 valence electrons. The molecule has 0 amide bonds. The Morgan fingerprint density at radius 2 is 2.21 bits per heavy atom. The zero-order valence-electron chi connectivity index (χ0n) is 7.66. The number of carboxylic acid groups (broad SMARTS) is 1. The predicted octanol–water partition coefficient (Wildman–Crippen LogP) is 2.33. The molecule has 0 aliphatic carbocycles. The van der Waals surface area contributed by atoms with E-state index in [9.17, 15) is 4.79 Å². The number of nitrogens with two attached hydrogens (primary N) is 1. The number of aliphatic carboxylic acids is 1. The second-order valence-electron chi connectivity index (χ2n) is 3.10. The summed E-state index contributed by atoms with van der Waals surface area (Å²) in [6.07, 6.45) is 1.52. The lowest BCUT2D eigenvalue weighted by atomic mass is 10.1. The molecule has 3 nitrogen and oxygen atoms in total. The van der Waals surface area contributed by atoms with Crippen molar-refractivity contribution in [2.45, 2.75) is 19.3 Å². The standard InChI is InChI=1S/C10H12ClNO2/c11-8-6-7(4-5-9(8)12)2-1-3-10(13)14/h4-6H,1-3,12H2,(H,13,14). The smallest absolute Gasteiger partial charge is 0.303 e. The molecule has 0 unspecified atom stereocenters. The number of halogens is 1. The summed E-state index contributed by atoms with van der Waals surface area (Å²) < 4.78 is 0. The van der Waals surface area contributed by atoms with Crippen LogP contribution in [0.15, 0.2) is 18.2 Å². The number of rotatable bonds is 4. The molecule has 0 aromatic heterocycles. The molecule has 0 radical (unpaired) electrons. The van der Waals surface area contributed by atoms with Gasteiger partial charge in [-0.15, -0.1) is 0 Å². The molecule has 0 aliphatic rings. The molecule has 1 aromatic carbocycles. The average molecular weight is 214 g/mol. The Hall–Kier alpha value is -1.22. The third-order valence-corrected chi connectivity index (χ3v) is 2.25. The fraction of sp³-hybridized carbons (Fsp3) is 0.300. The largest absolute Gasteiger partial charge is 0.481 e. The van der Waals surface area contributed by atoms with Gasteiger partial charge in [0.2, 0.25) is 0 Å². The van der Waals surface area contributed by atoms with E-state index in [-0.39, 0.29) is 6.42 Å². The fourth-order valence-electron chi connectivity index (χ4n) is 1.17. The molecule has 3 N–H and O–H groups in total. The molecule has 4 heteroatoms. The van der Waals surface area contributed by atoms with Gasteiger partial charge in [-0.1, -0.05) is 17.7 Å². The van der Waals surface area contributed by atoms with Crippen molar-refractivity contribution < 1.29 is 9.90 Å². The van der Waals surface area contributed by atoms with Gasteiger partial charge >= 0.3 is 5.97 Å². The van der Waals surface area contributed by atoms with E-state index in [1.807, 2.05) is 6.07 Å². The molecule has 0 saturated heterocycles. The van der Waals surface area contributed by atoms with Gasteiger partial charge in [-0.3, -0.25) is 4.79 Å². The summed E-state index contributed by atoms with van der Waals surface area (Å²) in [4.78, 5) is 10.3. The SMILES string of the molecule is Nc1ccc(CCCC(=O)O)cc1Cl. The fourth-order valence-corrected chi connectivity index (χ4v) is 1.37. The number of nitrogen functional groups attached to an aromatic ring is 1. The third kappa shape index (κ3) is 3.26. The first-order valence-corrected chi connectivity index (χ1v) is 4.73. The van der Waals surface area contributed by atoms with Crippen LogP contribution in [0.2, 0.25) is 5.02 Å². The van der Waals surface area contributed by atoms with Gasteiger partial charge in [0.1, 0.15) is 0 Å². The van der Waals surface area contributed by atoms with Gasteiger partial charge < -0.3 is 10.8 Å². The Morgan fingerprint density at radius 1 is 1.50 bits per heavy atom. The van der Waals surface area contributed by atoms with Gasteiger partial charge in [-0.05, 0) is 30.5 Å². The topological polar surface area (TPSA) is 63.3 Å². The lowest BCUT2D eigenvalue weighted by Gasteiger charge is -2.02. The third-order valence-electron chi connectivity index (χ3n) is 1.92. The summed E-state index contributed by atoms with van der Waals surface area (Å²) in [5, 5.41) is 8.97. The highest BCUT2D eigenvalue weighted by Crippen LogP contribution is 2.20. The van der Waals surface area contributed by atoms with Crippen LogP contribution in [-0.4, -0.2) is 11.1 Å². The predicted molar refractivity (Wildman–Crippen MR) is 56.4 cm³/mol. The Morgan fingerprint density at radius 3 is 2.79 bits per heavy atom. The van der Waals surface area contributed by atoms with E-state index in [4.69, 9.17) is 22.4 Å². The first kappa shape index (κ1) is 10.9. The zero-order valence-corrected chi connectivity index (χ0v) is 8.42. The van der Waals surface area contributed by atoms with Crippen LogP contribution in [0.5, 0.6) is 0 Å². The van der Waals surface area contributed by atoms with Crippen LogP contribution in [0.4, 0.5) is 5.69 Å². The highest BCUT2D eigenvalue weighted by Gasteiger charge is 2.00. The van der Waals surface area contributed by atoms with E-state index in [2.05, 4.69) is 0 Å². The van der Waals surface area contributed by atoms with Crippen LogP contribution in [-0.2, 0) is 11.2 Å². The van der Waals surface area contributed by atoms with Crippen LogP contribution in [0.25, 0.3) is 0 Å². The zero-order chi connectivity index (χ0) is 10.6. The Bertz CT molecular complexity index is 339. The second kappa shape index (κ2) is 4.86. The van der Waals surface area contributed by atoms with Gasteiger partial charge in [-0.2, -0.15) is 0 Å². The molecule has 1 aromatic rings. The van der Waals surface area contributed by atoms with Crippen molar-refractivity contribution in [3.05, 3.63) is 28.8 Å². The molecule has 0 spiro atoms. The number of hydrogen-bond donors (Lipinski definition) is 2. The molecule has 0 bridgehead atoms. The maximum absolute atomic E-state index is 10.3. The summed E-state index contributed by atoms with van der Waals surface area (Å²) in [7, 11) is 0. The van der Waals surface area contributed by atoms with Crippen molar-refractivity contribution in [2.24, 2.45) is 0 Å². The van der Waals surface area contributed by atoms with Gasteiger partial charge in [0, 0.05) is 6.42 Å². The first-order chi connectivity index (χ1) is 6.59. The van der Waals surface area contributed by atoms with E-state index in [0.717, 1.165) is 5.56 Å². The summed E-state index contributed by atoms with van der Waals surface area (Å²) in [6.45, 7) is 0. The number of carboxylic acids is 1. The summed E-state index contributed by atoms with van der Waals surface area (Å²) in [5.74, 6) is -0.772. The molecule has 14 heavy (non-hydrogen) atoms. The minimum Gasteiger partial charge on any atom is -0.481 e. The van der Waals surface area contributed by atoms with Crippen molar-refractivity contribution in [3.63, 3.8) is 0 Å². The number of anilines is 1. The maximum atomic E-state index is 10.3. The van der Waals surface area contributed by atoms with Crippen LogP contribution < -0.4 is 5.73 Å². The number of aryl methyl sites for hydroxylation is 1. The molecule has 0 fully saturated rings. The lowest BCUT2D eigenvalue weighted by Crippen LogP contribution is -1.96. The van der Waals surface area contributed by atoms with E-state index >= 15 is 0 Å². The minimum absolute atomic E-state index is 0.183. The number of carbonyl (C=O) groups is 1. The normalized spacial score (nSPS) is 10.1. The molecule has 0 aliphatic heterocycles. The highest BCUT2D eigenvalue weighted by atomic mass is 35.5. The second-order valence-corrected chi connectivity index (χ2v) is 3.51. The summed E-state index contributed by atoms with van der Waals surface area (Å²) in [5.41, 5.74) is 7.11. The molecule has 0 atom stereocenters. The number of benzene rings is 1. The quantitative estimate of drug-likeness (QED) is 0.755. The molecular weight excluding hydrogens is 202 g/mol. The van der Waals surface area contributed by atoms with Gasteiger partial charge in [-0.25, -0.2) is 0 Å². The van der Waals surface area contributed by atoms with Gasteiger partial charge in [0.05, 0.1) is 10.7 Å². The minimum atomic E-state index is -0.772. The van der Waals surface area contributed by atoms with Crippen molar-refractivity contribution >= 4 is 23.3 Å². The summed E-state index contributed by atoms with van der Waals surface area (Å²) in [6, 6.07) is 5.38. The van der Waals surface area contributed by atoms with E-state index in [1.54, 1.807) is 12.1 Å². The van der Waals surface area contributed by atoms with Crippen LogP contribution in [0.3, 0.4) is 0 Å². The average Bonchev–Trinajstić information content (AvgIpc) is 2.10. The molecule has 1 rings (SSSR count). The van der Waals surface area contributed by atoms with Crippen molar-refractivity contribution in [2.75, 3.05) is 5.73 Å². The van der Waals surface area contributed by atoms with Crippen molar-refractivity contribution in [3.8, 4) is 0 Å². The van der Waals surface area contributed by atoms with E-state index < -0.39 is 5.97 Å². The molecule has 0 heterocycles. The van der Waals surface area contributed by atoms with Crippen LogP contribution >= 0.6 is 11.6 Å². The van der Waals surface area contributed by atoms with Crippen LogP contribution in [0, 0.1) is 0 Å². The summed E-state index contributed by atoms with van der Waals surface area (Å²) >= 11 is 5.81.